The Hall–Kier alpha value is -2.86. The van der Waals surface area contributed by atoms with Crippen LogP contribution < -0.4 is 10.2 Å². The molecule has 0 aliphatic carbocycles. The summed E-state index contributed by atoms with van der Waals surface area (Å²) in [6, 6.07) is 16.9. The molecule has 25 heavy (non-hydrogen) atoms. The van der Waals surface area contributed by atoms with Gasteiger partial charge in [0.1, 0.15) is 11.8 Å². The fourth-order valence-electron chi connectivity index (χ4n) is 3.30. The fraction of sp³-hybridized carbons (Fsp3) is 0.158. The van der Waals surface area contributed by atoms with E-state index in [9.17, 15) is 5.11 Å². The van der Waals surface area contributed by atoms with Gasteiger partial charge >= 0.3 is 0 Å². The van der Waals surface area contributed by atoms with E-state index < -0.39 is 0 Å². The first-order valence-corrected chi connectivity index (χ1v) is 8.50. The van der Waals surface area contributed by atoms with Crippen molar-refractivity contribution in [3.05, 3.63) is 77.9 Å². The molecule has 126 valence electrons. The lowest BCUT2D eigenvalue weighted by Crippen LogP contribution is -2.29. The number of phenols is 1. The standard InChI is InChI=1S/C19H18N4OS/c1-12-9-10-14(21-12)18-17(13-6-4-5-11-20-13)22-19(25)23(18)15-7-2-3-8-16(15)24/h2-11,17-18,21,24H,1H3,(H,22,25)/t17-,18-/m0/s1. The molecule has 0 radical (unpaired) electrons. The van der Waals surface area contributed by atoms with Crippen molar-refractivity contribution < 1.29 is 5.11 Å². The Morgan fingerprint density at radius 2 is 1.88 bits per heavy atom. The smallest absolute Gasteiger partial charge is 0.174 e. The van der Waals surface area contributed by atoms with Crippen LogP contribution in [0.15, 0.2) is 60.8 Å². The number of aromatic nitrogens is 2. The van der Waals surface area contributed by atoms with Gasteiger partial charge in [-0.3, -0.25) is 4.98 Å². The van der Waals surface area contributed by atoms with E-state index in [0.717, 1.165) is 17.1 Å². The average Bonchev–Trinajstić information content (AvgIpc) is 3.19. The lowest BCUT2D eigenvalue weighted by molar-refractivity contribution is 0.472. The van der Waals surface area contributed by atoms with Gasteiger partial charge in [-0.1, -0.05) is 18.2 Å². The van der Waals surface area contributed by atoms with E-state index in [0.29, 0.717) is 10.8 Å². The zero-order valence-electron chi connectivity index (χ0n) is 13.7. The molecule has 4 rings (SSSR count). The summed E-state index contributed by atoms with van der Waals surface area (Å²) in [6.07, 6.45) is 1.78. The third kappa shape index (κ3) is 2.74. The number of para-hydroxylation sites is 2. The monoisotopic (exact) mass is 350 g/mol. The van der Waals surface area contributed by atoms with Crippen molar-refractivity contribution in [3.63, 3.8) is 0 Å². The first-order chi connectivity index (χ1) is 12.1. The van der Waals surface area contributed by atoms with Crippen LogP contribution >= 0.6 is 12.2 Å². The van der Waals surface area contributed by atoms with Crippen LogP contribution in [-0.2, 0) is 0 Å². The van der Waals surface area contributed by atoms with E-state index in [4.69, 9.17) is 12.2 Å². The number of aromatic amines is 1. The zero-order chi connectivity index (χ0) is 17.4. The predicted octanol–water partition coefficient (Wildman–Crippen LogP) is 3.60. The molecule has 0 amide bonds. The molecule has 1 aliphatic rings. The maximum Gasteiger partial charge on any atom is 0.174 e. The van der Waals surface area contributed by atoms with Crippen LogP contribution in [0, 0.1) is 6.92 Å². The number of benzene rings is 1. The minimum Gasteiger partial charge on any atom is -0.506 e. The van der Waals surface area contributed by atoms with Crippen LogP contribution in [0.3, 0.4) is 0 Å². The van der Waals surface area contributed by atoms with Gasteiger partial charge in [0, 0.05) is 17.6 Å². The molecule has 1 aliphatic heterocycles. The SMILES string of the molecule is Cc1ccc([C@H]2[C@H](c3ccccn3)NC(=S)N2c2ccccc2O)[nH]1. The van der Waals surface area contributed by atoms with Gasteiger partial charge in [-0.25, -0.2) is 0 Å². The van der Waals surface area contributed by atoms with Gasteiger partial charge in [-0.2, -0.15) is 0 Å². The summed E-state index contributed by atoms with van der Waals surface area (Å²) in [6.45, 7) is 2.02. The fourth-order valence-corrected chi connectivity index (χ4v) is 3.64. The molecule has 0 saturated carbocycles. The van der Waals surface area contributed by atoms with E-state index >= 15 is 0 Å². The average molecular weight is 350 g/mol. The number of rotatable bonds is 3. The number of pyridine rings is 1. The predicted molar refractivity (Wildman–Crippen MR) is 102 cm³/mol. The molecule has 0 spiro atoms. The highest BCUT2D eigenvalue weighted by atomic mass is 32.1. The number of aromatic hydroxyl groups is 1. The highest BCUT2D eigenvalue weighted by Crippen LogP contribution is 2.43. The first kappa shape index (κ1) is 15.7. The van der Waals surface area contributed by atoms with Gasteiger partial charge in [-0.15, -0.1) is 0 Å². The lowest BCUT2D eigenvalue weighted by atomic mass is 10.0. The molecule has 3 heterocycles. The highest BCUT2D eigenvalue weighted by molar-refractivity contribution is 7.80. The summed E-state index contributed by atoms with van der Waals surface area (Å²) in [5.41, 5.74) is 3.67. The Kier molecular flexibility index (Phi) is 3.89. The molecule has 3 aromatic rings. The number of thiocarbonyl (C=S) groups is 1. The lowest BCUT2D eigenvalue weighted by Gasteiger charge is -2.27. The molecular weight excluding hydrogens is 332 g/mol. The van der Waals surface area contributed by atoms with Crippen LogP contribution in [0.5, 0.6) is 5.75 Å². The van der Waals surface area contributed by atoms with E-state index in [2.05, 4.69) is 21.4 Å². The highest BCUT2D eigenvalue weighted by Gasteiger charge is 2.42. The molecule has 2 aromatic heterocycles. The normalized spacial score (nSPS) is 19.9. The molecule has 0 bridgehead atoms. The van der Waals surface area contributed by atoms with Crippen LogP contribution in [0.1, 0.15) is 29.2 Å². The molecule has 5 nitrogen and oxygen atoms in total. The van der Waals surface area contributed by atoms with E-state index in [1.165, 1.54) is 0 Å². The number of H-pyrrole nitrogens is 1. The Morgan fingerprint density at radius 1 is 1.08 bits per heavy atom. The number of anilines is 1. The van der Waals surface area contributed by atoms with Crippen molar-refractivity contribution >= 4 is 23.0 Å². The van der Waals surface area contributed by atoms with Gasteiger partial charge in [-0.05, 0) is 55.5 Å². The van der Waals surface area contributed by atoms with Crippen molar-refractivity contribution in [1.82, 2.24) is 15.3 Å². The van der Waals surface area contributed by atoms with Gasteiger partial charge in [0.05, 0.1) is 17.4 Å². The Labute approximate surface area is 151 Å². The quantitative estimate of drug-likeness (QED) is 0.630. The molecular formula is C19H18N4OS. The maximum absolute atomic E-state index is 10.4. The van der Waals surface area contributed by atoms with Gasteiger partial charge < -0.3 is 20.3 Å². The number of aryl methyl sites for hydroxylation is 1. The third-order valence-electron chi connectivity index (χ3n) is 4.41. The summed E-state index contributed by atoms with van der Waals surface area (Å²) in [7, 11) is 0. The summed E-state index contributed by atoms with van der Waals surface area (Å²) in [5.74, 6) is 0.196. The second-order valence-corrected chi connectivity index (χ2v) is 6.47. The number of nitrogens with zero attached hydrogens (tertiary/aromatic N) is 2. The molecule has 1 saturated heterocycles. The van der Waals surface area contributed by atoms with Crippen molar-refractivity contribution in [2.75, 3.05) is 4.90 Å². The molecule has 1 fully saturated rings. The molecule has 0 unspecified atom stereocenters. The number of phenolic OH excluding ortho intramolecular Hbond substituents is 1. The second-order valence-electron chi connectivity index (χ2n) is 6.08. The van der Waals surface area contributed by atoms with E-state index in [1.807, 2.05) is 48.2 Å². The number of nitrogens with one attached hydrogen (secondary N) is 2. The van der Waals surface area contributed by atoms with Crippen molar-refractivity contribution in [2.24, 2.45) is 0 Å². The molecule has 1 aromatic carbocycles. The van der Waals surface area contributed by atoms with E-state index in [-0.39, 0.29) is 17.8 Å². The van der Waals surface area contributed by atoms with Crippen molar-refractivity contribution in [3.8, 4) is 5.75 Å². The Bertz CT molecular complexity index is 909. The number of hydrogen-bond acceptors (Lipinski definition) is 3. The van der Waals surface area contributed by atoms with Crippen LogP contribution in [0.2, 0.25) is 0 Å². The molecule has 3 N–H and O–H groups in total. The van der Waals surface area contributed by atoms with Gasteiger partial charge in [0.25, 0.3) is 0 Å². The van der Waals surface area contributed by atoms with Gasteiger partial charge in [0.2, 0.25) is 0 Å². The number of hydrogen-bond donors (Lipinski definition) is 3. The minimum atomic E-state index is -0.135. The topological polar surface area (TPSA) is 64.2 Å². The second kappa shape index (κ2) is 6.22. The third-order valence-corrected chi connectivity index (χ3v) is 4.73. The Morgan fingerprint density at radius 3 is 2.56 bits per heavy atom. The summed E-state index contributed by atoms with van der Waals surface area (Å²) in [5, 5.41) is 14.3. The summed E-state index contributed by atoms with van der Waals surface area (Å²) < 4.78 is 0. The molecule has 2 atom stereocenters. The zero-order valence-corrected chi connectivity index (χ0v) is 14.5. The van der Waals surface area contributed by atoms with Crippen LogP contribution in [0.4, 0.5) is 5.69 Å². The van der Waals surface area contributed by atoms with Gasteiger partial charge in [0.15, 0.2) is 5.11 Å². The maximum atomic E-state index is 10.4. The minimum absolute atomic E-state index is 0.119. The Balaban J connectivity index is 1.85. The van der Waals surface area contributed by atoms with Crippen molar-refractivity contribution in [1.29, 1.82) is 0 Å². The van der Waals surface area contributed by atoms with Crippen LogP contribution in [-0.4, -0.2) is 20.2 Å². The summed E-state index contributed by atoms with van der Waals surface area (Å²) in [4.78, 5) is 9.86. The first-order valence-electron chi connectivity index (χ1n) is 8.09. The van der Waals surface area contributed by atoms with Crippen LogP contribution in [0.25, 0.3) is 0 Å². The van der Waals surface area contributed by atoms with E-state index in [1.54, 1.807) is 18.3 Å². The largest absolute Gasteiger partial charge is 0.506 e. The summed E-state index contributed by atoms with van der Waals surface area (Å²) >= 11 is 5.61. The molecule has 6 heteroatoms. The van der Waals surface area contributed by atoms with Crippen molar-refractivity contribution in [2.45, 2.75) is 19.0 Å².